The van der Waals surface area contributed by atoms with Gasteiger partial charge in [-0.25, -0.2) is 9.67 Å². The Labute approximate surface area is 126 Å². The Morgan fingerprint density at radius 1 is 1.36 bits per heavy atom. The average Bonchev–Trinajstić information content (AvgIpc) is 2.85. The number of hydrogen-bond donors (Lipinski definition) is 2. The fourth-order valence-corrected chi connectivity index (χ4v) is 2.30. The number of rotatable bonds is 5. The van der Waals surface area contributed by atoms with Crippen LogP contribution in [0.25, 0.3) is 22.2 Å². The fourth-order valence-electron chi connectivity index (χ4n) is 2.30. The molecule has 3 heterocycles. The summed E-state index contributed by atoms with van der Waals surface area (Å²) in [5.41, 5.74) is 2.49. The van der Waals surface area contributed by atoms with Crippen molar-refractivity contribution < 1.29 is 9.90 Å². The smallest absolute Gasteiger partial charge is 0.212 e. The normalized spacial score (nSPS) is 12.3. The average molecular weight is 297 g/mol. The summed E-state index contributed by atoms with van der Waals surface area (Å²) < 4.78 is 1.59. The highest BCUT2D eigenvalue weighted by Crippen LogP contribution is 2.27. The lowest BCUT2D eigenvalue weighted by molar-refractivity contribution is -0.105. The van der Waals surface area contributed by atoms with Gasteiger partial charge in [0, 0.05) is 24.2 Å². The number of amides is 1. The molecule has 22 heavy (non-hydrogen) atoms. The summed E-state index contributed by atoms with van der Waals surface area (Å²) in [7, 11) is 0. The lowest BCUT2D eigenvalue weighted by Gasteiger charge is -2.05. The Kier molecular flexibility index (Phi) is 3.80. The summed E-state index contributed by atoms with van der Waals surface area (Å²) in [6.45, 7) is 1.98. The highest BCUT2D eigenvalue weighted by atomic mass is 16.3. The van der Waals surface area contributed by atoms with Crippen molar-refractivity contribution in [3.05, 3.63) is 36.8 Å². The topological polar surface area (TPSA) is 92.9 Å². The van der Waals surface area contributed by atoms with E-state index in [1.165, 1.54) is 0 Å². The van der Waals surface area contributed by atoms with Gasteiger partial charge in [-0.3, -0.25) is 9.78 Å². The number of anilines is 1. The zero-order chi connectivity index (χ0) is 15.5. The molecule has 3 aromatic rings. The van der Waals surface area contributed by atoms with Crippen LogP contribution in [0.2, 0.25) is 0 Å². The molecular formula is C15H15N5O2. The number of aliphatic hydroxyl groups is 1. The predicted octanol–water partition coefficient (Wildman–Crippen LogP) is 1.44. The second kappa shape index (κ2) is 5.90. The second-order valence-electron chi connectivity index (χ2n) is 4.97. The van der Waals surface area contributed by atoms with Gasteiger partial charge in [-0.1, -0.05) is 0 Å². The molecule has 0 saturated heterocycles. The largest absolute Gasteiger partial charge is 0.391 e. The summed E-state index contributed by atoms with van der Waals surface area (Å²) in [5.74, 6) is 0.425. The van der Waals surface area contributed by atoms with Crippen molar-refractivity contribution >= 4 is 23.3 Å². The van der Waals surface area contributed by atoms with Gasteiger partial charge in [0.05, 0.1) is 18.0 Å². The van der Waals surface area contributed by atoms with E-state index in [0.717, 1.165) is 16.5 Å². The van der Waals surface area contributed by atoms with Gasteiger partial charge in [0.25, 0.3) is 0 Å². The molecule has 0 aliphatic carbocycles. The number of nitrogens with one attached hydrogen (secondary N) is 1. The lowest BCUT2D eigenvalue weighted by Crippen LogP contribution is -2.13. The first-order chi connectivity index (χ1) is 10.7. The van der Waals surface area contributed by atoms with Crippen LogP contribution in [0.15, 0.2) is 36.8 Å². The Hall–Kier alpha value is -2.80. The minimum Gasteiger partial charge on any atom is -0.391 e. The van der Waals surface area contributed by atoms with E-state index in [-0.39, 0.29) is 0 Å². The maximum atomic E-state index is 10.8. The van der Waals surface area contributed by atoms with E-state index in [4.69, 9.17) is 0 Å². The summed E-state index contributed by atoms with van der Waals surface area (Å²) in [6.07, 6.45) is 5.17. The van der Waals surface area contributed by atoms with Crippen LogP contribution in [0.5, 0.6) is 0 Å². The van der Waals surface area contributed by atoms with Gasteiger partial charge >= 0.3 is 0 Å². The maximum absolute atomic E-state index is 10.8. The first-order valence-electron chi connectivity index (χ1n) is 6.84. The Morgan fingerprint density at radius 3 is 2.82 bits per heavy atom. The third-order valence-corrected chi connectivity index (χ3v) is 3.23. The van der Waals surface area contributed by atoms with Crippen molar-refractivity contribution in [3.63, 3.8) is 0 Å². The van der Waals surface area contributed by atoms with Crippen LogP contribution in [0.1, 0.15) is 6.92 Å². The number of aromatic nitrogens is 4. The van der Waals surface area contributed by atoms with E-state index in [0.29, 0.717) is 24.4 Å². The molecule has 3 rings (SSSR count). The quantitative estimate of drug-likeness (QED) is 0.695. The Morgan fingerprint density at radius 2 is 2.14 bits per heavy atom. The summed E-state index contributed by atoms with van der Waals surface area (Å²) in [6, 6.07) is 5.68. The molecule has 1 unspecified atom stereocenters. The van der Waals surface area contributed by atoms with Gasteiger partial charge in [0.1, 0.15) is 0 Å². The molecule has 112 valence electrons. The maximum Gasteiger partial charge on any atom is 0.212 e. The Bertz CT molecular complexity index is 798. The van der Waals surface area contributed by atoms with Gasteiger partial charge in [0.2, 0.25) is 6.41 Å². The molecule has 0 radical (unpaired) electrons. The second-order valence-corrected chi connectivity index (χ2v) is 4.97. The minimum absolute atomic E-state index is 0.304. The molecule has 7 heteroatoms. The molecule has 0 fully saturated rings. The molecule has 1 atom stereocenters. The Balaban J connectivity index is 2.14. The molecule has 0 saturated carbocycles. The molecule has 7 nitrogen and oxygen atoms in total. The first kappa shape index (κ1) is 14.2. The number of hydrogen-bond acceptors (Lipinski definition) is 5. The standard InChI is InChI=1S/C15H15N5O2/c1-10(22)8-20-15-13(14(19-20)18-9-21)6-12(7-17-15)11-2-4-16-5-3-11/h2-7,9-10,22H,8H2,1H3,(H,18,19,21). The monoisotopic (exact) mass is 297 g/mol. The van der Waals surface area contributed by atoms with Crippen LogP contribution in [0.3, 0.4) is 0 Å². The van der Waals surface area contributed by atoms with Crippen molar-refractivity contribution in [2.45, 2.75) is 19.6 Å². The lowest BCUT2D eigenvalue weighted by atomic mass is 10.1. The van der Waals surface area contributed by atoms with Crippen molar-refractivity contribution in [2.75, 3.05) is 5.32 Å². The third-order valence-electron chi connectivity index (χ3n) is 3.23. The summed E-state index contributed by atoms with van der Waals surface area (Å²) in [4.78, 5) is 19.2. The number of aliphatic hydroxyl groups excluding tert-OH is 1. The number of carbonyl (C=O) groups is 1. The minimum atomic E-state index is -0.561. The molecule has 3 aromatic heterocycles. The van der Waals surface area contributed by atoms with E-state index in [1.54, 1.807) is 30.2 Å². The van der Waals surface area contributed by atoms with E-state index in [2.05, 4.69) is 20.4 Å². The number of pyridine rings is 2. The van der Waals surface area contributed by atoms with Gasteiger partial charge in [-0.15, -0.1) is 0 Å². The number of fused-ring (bicyclic) bond motifs is 1. The highest BCUT2D eigenvalue weighted by Gasteiger charge is 2.14. The molecule has 0 bridgehead atoms. The molecule has 0 aliphatic rings. The zero-order valence-electron chi connectivity index (χ0n) is 12.0. The van der Waals surface area contributed by atoms with Crippen LogP contribution in [0.4, 0.5) is 5.82 Å². The van der Waals surface area contributed by atoms with E-state index >= 15 is 0 Å². The molecule has 0 aliphatic heterocycles. The van der Waals surface area contributed by atoms with E-state index in [9.17, 15) is 9.90 Å². The predicted molar refractivity (Wildman–Crippen MR) is 82.1 cm³/mol. The summed E-state index contributed by atoms with van der Waals surface area (Å²) in [5, 5.41) is 17.1. The van der Waals surface area contributed by atoms with Crippen molar-refractivity contribution in [1.82, 2.24) is 19.7 Å². The zero-order valence-corrected chi connectivity index (χ0v) is 12.0. The van der Waals surface area contributed by atoms with E-state index < -0.39 is 6.10 Å². The van der Waals surface area contributed by atoms with Crippen LogP contribution >= 0.6 is 0 Å². The number of carbonyl (C=O) groups excluding carboxylic acids is 1. The third kappa shape index (κ3) is 2.66. The molecule has 1 amide bonds. The van der Waals surface area contributed by atoms with E-state index in [1.807, 2.05) is 18.2 Å². The summed E-state index contributed by atoms with van der Waals surface area (Å²) >= 11 is 0. The van der Waals surface area contributed by atoms with Gasteiger partial charge in [-0.05, 0) is 30.7 Å². The van der Waals surface area contributed by atoms with Gasteiger partial charge < -0.3 is 10.4 Å². The van der Waals surface area contributed by atoms with Crippen molar-refractivity contribution in [2.24, 2.45) is 0 Å². The van der Waals surface area contributed by atoms with Gasteiger partial charge in [0.15, 0.2) is 11.5 Å². The molecular weight excluding hydrogens is 282 g/mol. The number of nitrogens with zero attached hydrogens (tertiary/aromatic N) is 4. The van der Waals surface area contributed by atoms with Crippen LogP contribution < -0.4 is 5.32 Å². The fraction of sp³-hybridized carbons (Fsp3) is 0.200. The highest BCUT2D eigenvalue weighted by molar-refractivity contribution is 5.94. The molecule has 0 spiro atoms. The first-order valence-corrected chi connectivity index (χ1v) is 6.84. The molecule has 2 N–H and O–H groups in total. The van der Waals surface area contributed by atoms with Gasteiger partial charge in [-0.2, -0.15) is 5.10 Å². The van der Waals surface area contributed by atoms with Crippen LogP contribution in [-0.4, -0.2) is 37.4 Å². The van der Waals surface area contributed by atoms with Crippen LogP contribution in [-0.2, 0) is 11.3 Å². The molecule has 0 aromatic carbocycles. The van der Waals surface area contributed by atoms with Crippen molar-refractivity contribution in [3.8, 4) is 11.1 Å². The van der Waals surface area contributed by atoms with Crippen LogP contribution in [0, 0.1) is 0 Å². The van der Waals surface area contributed by atoms with Crippen molar-refractivity contribution in [1.29, 1.82) is 0 Å². The SMILES string of the molecule is CC(O)Cn1nc(NC=O)c2cc(-c3ccncc3)cnc21.